The molecule has 10 heavy (non-hydrogen) atoms. The van der Waals surface area contributed by atoms with Gasteiger partial charge in [-0.25, -0.2) is 0 Å². The molecule has 1 aliphatic carbocycles. The first-order valence-electron chi connectivity index (χ1n) is 3.73. The van der Waals surface area contributed by atoms with Crippen molar-refractivity contribution >= 4 is 17.9 Å². The fourth-order valence-electron chi connectivity index (χ4n) is 0.597. The minimum absolute atomic E-state index is 0.144. The molecule has 1 saturated carbocycles. The van der Waals surface area contributed by atoms with Crippen LogP contribution in [0.2, 0.25) is 0 Å². The smallest absolute Gasteiger partial charge is 0.229 e. The normalized spacial score (nSPS) is 16.9. The van der Waals surface area contributed by atoms with E-state index >= 15 is 0 Å². The molecular formula is C7H13NOS. The Morgan fingerprint density at radius 3 is 2.90 bits per heavy atom. The SMILES string of the molecule is CCC(=O)NSCC1CC1. The predicted molar refractivity (Wildman–Crippen MR) is 43.6 cm³/mol. The molecule has 0 spiro atoms. The number of carbonyl (C=O) groups excluding carboxylic acids is 1. The lowest BCUT2D eigenvalue weighted by Gasteiger charge is -1.99. The summed E-state index contributed by atoms with van der Waals surface area (Å²) in [7, 11) is 0. The number of nitrogens with one attached hydrogen (secondary N) is 1. The zero-order valence-electron chi connectivity index (χ0n) is 6.22. The van der Waals surface area contributed by atoms with Gasteiger partial charge in [0.1, 0.15) is 0 Å². The molecule has 0 aromatic rings. The van der Waals surface area contributed by atoms with E-state index in [0.717, 1.165) is 11.7 Å². The van der Waals surface area contributed by atoms with E-state index in [1.807, 2.05) is 6.92 Å². The largest absolute Gasteiger partial charge is 0.300 e. The van der Waals surface area contributed by atoms with Crippen LogP contribution in [-0.2, 0) is 4.79 Å². The van der Waals surface area contributed by atoms with Crippen LogP contribution in [0.4, 0.5) is 0 Å². The third-order valence-corrected chi connectivity index (χ3v) is 2.53. The highest BCUT2D eigenvalue weighted by Crippen LogP contribution is 2.31. The summed E-state index contributed by atoms with van der Waals surface area (Å²) in [5.74, 6) is 2.14. The van der Waals surface area contributed by atoms with Crippen LogP contribution in [0.15, 0.2) is 0 Å². The average molecular weight is 159 g/mol. The second kappa shape index (κ2) is 3.86. The molecule has 58 valence electrons. The van der Waals surface area contributed by atoms with Gasteiger partial charge in [0.05, 0.1) is 0 Å². The van der Waals surface area contributed by atoms with E-state index in [1.54, 1.807) is 11.9 Å². The molecule has 0 aromatic heterocycles. The molecule has 0 aliphatic heterocycles. The summed E-state index contributed by atoms with van der Waals surface area (Å²) in [5.41, 5.74) is 0. The molecule has 1 rings (SSSR count). The van der Waals surface area contributed by atoms with Gasteiger partial charge in [-0.1, -0.05) is 18.9 Å². The van der Waals surface area contributed by atoms with Crippen molar-refractivity contribution in [1.82, 2.24) is 4.72 Å². The maximum absolute atomic E-state index is 10.7. The Morgan fingerprint density at radius 2 is 2.40 bits per heavy atom. The highest BCUT2D eigenvalue weighted by atomic mass is 32.2. The lowest BCUT2D eigenvalue weighted by Crippen LogP contribution is -2.14. The second-order valence-corrected chi connectivity index (χ2v) is 3.46. The number of hydrogen-bond acceptors (Lipinski definition) is 2. The highest BCUT2D eigenvalue weighted by molar-refractivity contribution is 7.97. The fraction of sp³-hybridized carbons (Fsp3) is 0.857. The summed E-state index contributed by atoms with van der Waals surface area (Å²) in [5, 5.41) is 0. The van der Waals surface area contributed by atoms with Gasteiger partial charge < -0.3 is 4.72 Å². The van der Waals surface area contributed by atoms with Gasteiger partial charge in [-0.15, -0.1) is 0 Å². The maximum Gasteiger partial charge on any atom is 0.229 e. The Bertz CT molecular complexity index is 123. The molecular weight excluding hydrogens is 146 g/mol. The molecule has 0 unspecified atom stereocenters. The Balaban J connectivity index is 1.88. The van der Waals surface area contributed by atoms with Crippen molar-refractivity contribution in [3.63, 3.8) is 0 Å². The van der Waals surface area contributed by atoms with Crippen molar-refractivity contribution in [2.45, 2.75) is 26.2 Å². The van der Waals surface area contributed by atoms with Crippen LogP contribution in [0.25, 0.3) is 0 Å². The minimum Gasteiger partial charge on any atom is -0.300 e. The summed E-state index contributed by atoms with van der Waals surface area (Å²) in [6, 6.07) is 0. The van der Waals surface area contributed by atoms with Crippen molar-refractivity contribution in [1.29, 1.82) is 0 Å². The van der Waals surface area contributed by atoms with Gasteiger partial charge in [0.25, 0.3) is 0 Å². The van der Waals surface area contributed by atoms with Crippen LogP contribution in [0.1, 0.15) is 26.2 Å². The Labute approximate surface area is 65.9 Å². The standard InChI is InChI=1S/C7H13NOS/c1-2-7(9)8-10-5-6-3-4-6/h6H,2-5H2,1H3,(H,8,9). The zero-order valence-corrected chi connectivity index (χ0v) is 7.04. The topological polar surface area (TPSA) is 29.1 Å². The summed E-state index contributed by atoms with van der Waals surface area (Å²) in [6.45, 7) is 1.87. The molecule has 3 heteroatoms. The quantitative estimate of drug-likeness (QED) is 0.631. The molecule has 0 saturated heterocycles. The van der Waals surface area contributed by atoms with Crippen LogP contribution in [-0.4, -0.2) is 11.7 Å². The number of hydrogen-bond donors (Lipinski definition) is 1. The molecule has 1 amide bonds. The first-order valence-corrected chi connectivity index (χ1v) is 4.72. The van der Waals surface area contributed by atoms with Crippen molar-refractivity contribution in [2.24, 2.45) is 5.92 Å². The van der Waals surface area contributed by atoms with E-state index in [2.05, 4.69) is 4.72 Å². The monoisotopic (exact) mass is 159 g/mol. The Kier molecular flexibility index (Phi) is 3.06. The maximum atomic E-state index is 10.7. The van der Waals surface area contributed by atoms with Crippen LogP contribution in [0.3, 0.4) is 0 Å². The number of carbonyl (C=O) groups is 1. The lowest BCUT2D eigenvalue weighted by molar-refractivity contribution is -0.118. The molecule has 1 aliphatic rings. The average Bonchev–Trinajstić information content (AvgIpc) is 2.71. The molecule has 0 radical (unpaired) electrons. The zero-order chi connectivity index (χ0) is 7.40. The van der Waals surface area contributed by atoms with Crippen molar-refractivity contribution < 1.29 is 4.79 Å². The first-order chi connectivity index (χ1) is 4.83. The predicted octanol–water partition coefficient (Wildman–Crippen LogP) is 1.57. The molecule has 0 atom stereocenters. The van der Waals surface area contributed by atoms with E-state index in [1.165, 1.54) is 12.8 Å². The third kappa shape index (κ3) is 3.11. The molecule has 1 fully saturated rings. The van der Waals surface area contributed by atoms with Crippen LogP contribution in [0.5, 0.6) is 0 Å². The van der Waals surface area contributed by atoms with Gasteiger partial charge in [0.15, 0.2) is 0 Å². The van der Waals surface area contributed by atoms with Gasteiger partial charge in [-0.05, 0) is 18.8 Å². The van der Waals surface area contributed by atoms with E-state index in [-0.39, 0.29) is 5.91 Å². The third-order valence-electron chi connectivity index (χ3n) is 1.52. The van der Waals surface area contributed by atoms with Crippen molar-refractivity contribution in [2.75, 3.05) is 5.75 Å². The molecule has 2 nitrogen and oxygen atoms in total. The van der Waals surface area contributed by atoms with Crippen molar-refractivity contribution in [3.05, 3.63) is 0 Å². The molecule has 0 aromatic carbocycles. The van der Waals surface area contributed by atoms with Gasteiger partial charge in [-0.2, -0.15) is 0 Å². The summed E-state index contributed by atoms with van der Waals surface area (Å²) in [6.07, 6.45) is 3.31. The van der Waals surface area contributed by atoms with Crippen LogP contribution in [0, 0.1) is 5.92 Å². The van der Waals surface area contributed by atoms with Crippen LogP contribution < -0.4 is 4.72 Å². The van der Waals surface area contributed by atoms with E-state index in [9.17, 15) is 4.79 Å². The van der Waals surface area contributed by atoms with E-state index < -0.39 is 0 Å². The van der Waals surface area contributed by atoms with Gasteiger partial charge >= 0.3 is 0 Å². The van der Waals surface area contributed by atoms with Crippen LogP contribution >= 0.6 is 11.9 Å². The number of rotatable bonds is 4. The lowest BCUT2D eigenvalue weighted by atomic mass is 10.5. The van der Waals surface area contributed by atoms with Gasteiger partial charge in [0.2, 0.25) is 5.91 Å². The second-order valence-electron chi connectivity index (χ2n) is 2.63. The highest BCUT2D eigenvalue weighted by Gasteiger charge is 2.20. The Morgan fingerprint density at radius 1 is 1.70 bits per heavy atom. The summed E-state index contributed by atoms with van der Waals surface area (Å²) in [4.78, 5) is 10.7. The summed E-state index contributed by atoms with van der Waals surface area (Å²) < 4.78 is 2.78. The minimum atomic E-state index is 0.144. The van der Waals surface area contributed by atoms with E-state index in [0.29, 0.717) is 6.42 Å². The molecule has 0 heterocycles. The molecule has 1 N–H and O–H groups in total. The Hall–Kier alpha value is -0.180. The first kappa shape index (κ1) is 7.92. The fourth-order valence-corrected chi connectivity index (χ4v) is 1.55. The number of amides is 1. The van der Waals surface area contributed by atoms with E-state index in [4.69, 9.17) is 0 Å². The summed E-state index contributed by atoms with van der Waals surface area (Å²) >= 11 is 1.56. The van der Waals surface area contributed by atoms with Gasteiger partial charge in [0, 0.05) is 12.2 Å². The molecule has 0 bridgehead atoms. The van der Waals surface area contributed by atoms with Gasteiger partial charge in [-0.3, -0.25) is 4.79 Å². The van der Waals surface area contributed by atoms with Crippen molar-refractivity contribution in [3.8, 4) is 0 Å².